The maximum Gasteiger partial charge on any atom is 0.339 e. The predicted molar refractivity (Wildman–Crippen MR) is 108 cm³/mol. The summed E-state index contributed by atoms with van der Waals surface area (Å²) in [6.07, 6.45) is 0.996. The maximum atomic E-state index is 12.5. The van der Waals surface area contributed by atoms with Crippen molar-refractivity contribution in [2.45, 2.75) is 47.3 Å². The van der Waals surface area contributed by atoms with E-state index in [0.717, 1.165) is 22.4 Å². The zero-order valence-electron chi connectivity index (χ0n) is 16.8. The van der Waals surface area contributed by atoms with E-state index in [-0.39, 0.29) is 11.5 Å². The van der Waals surface area contributed by atoms with Gasteiger partial charge in [0, 0.05) is 11.8 Å². The summed E-state index contributed by atoms with van der Waals surface area (Å²) in [4.78, 5) is 28.7. The van der Waals surface area contributed by atoms with Crippen molar-refractivity contribution < 1.29 is 13.9 Å². The number of pyridine rings is 1. The second kappa shape index (κ2) is 7.84. The molecule has 0 fully saturated rings. The lowest BCUT2D eigenvalue weighted by atomic mass is 10.0. The van der Waals surface area contributed by atoms with Gasteiger partial charge in [-0.05, 0) is 75.6 Å². The van der Waals surface area contributed by atoms with Crippen LogP contribution in [-0.2, 0) is 11.3 Å². The Bertz CT molecular complexity index is 1100. The summed E-state index contributed by atoms with van der Waals surface area (Å²) in [5.74, 6) is 0.278. The lowest BCUT2D eigenvalue weighted by Crippen LogP contribution is -2.36. The molecule has 2 aromatic heterocycles. The van der Waals surface area contributed by atoms with Crippen molar-refractivity contribution in [3.05, 3.63) is 68.8 Å². The smallest absolute Gasteiger partial charge is 0.339 e. The number of benzene rings is 1. The van der Waals surface area contributed by atoms with Gasteiger partial charge in [0.25, 0.3) is 5.91 Å². The lowest BCUT2D eigenvalue weighted by molar-refractivity contribution is -0.127. The number of nitrogens with zero attached hydrogens (tertiary/aromatic N) is 1. The fourth-order valence-corrected chi connectivity index (χ4v) is 3.04. The Labute approximate surface area is 163 Å². The summed E-state index contributed by atoms with van der Waals surface area (Å²) in [5.41, 5.74) is 4.17. The molecule has 0 spiro atoms. The Morgan fingerprint density at radius 2 is 1.89 bits per heavy atom. The first-order valence-corrected chi connectivity index (χ1v) is 9.17. The molecule has 0 radical (unpaired) electrons. The Hall–Kier alpha value is -3.15. The third-order valence-corrected chi connectivity index (χ3v) is 4.75. The largest absolute Gasteiger partial charge is 0.480 e. The molecule has 2 heterocycles. The van der Waals surface area contributed by atoms with E-state index in [1.54, 1.807) is 26.1 Å². The highest BCUT2D eigenvalue weighted by molar-refractivity contribution is 5.89. The van der Waals surface area contributed by atoms with E-state index >= 15 is 0 Å². The summed E-state index contributed by atoms with van der Waals surface area (Å²) >= 11 is 0. The van der Waals surface area contributed by atoms with Crippen molar-refractivity contribution in [1.29, 1.82) is 0 Å². The van der Waals surface area contributed by atoms with Gasteiger partial charge in [0.1, 0.15) is 11.3 Å². The zero-order chi connectivity index (χ0) is 20.4. The number of rotatable bonds is 5. The number of hydrogen-bond acceptors (Lipinski definition) is 5. The quantitative estimate of drug-likeness (QED) is 0.685. The fourth-order valence-electron chi connectivity index (χ4n) is 3.04. The van der Waals surface area contributed by atoms with E-state index < -0.39 is 6.10 Å². The summed E-state index contributed by atoms with van der Waals surface area (Å²) in [6, 6.07) is 7.47. The standard InChI is InChI=1S/C22H24N2O4/c1-12-6-7-23-17(8-12)11-24-21(25)16(5)27-18-9-13(2)10-19-20(18)14(3)15(4)22(26)28-19/h6-10,16H,11H2,1-5H3,(H,24,25). The Balaban J connectivity index is 1.82. The van der Waals surface area contributed by atoms with Crippen LogP contribution in [0.4, 0.5) is 0 Å². The number of carbonyl (C=O) groups is 1. The molecule has 3 rings (SSSR count). The van der Waals surface area contributed by atoms with Gasteiger partial charge >= 0.3 is 5.63 Å². The minimum Gasteiger partial charge on any atom is -0.480 e. The first-order valence-electron chi connectivity index (χ1n) is 9.17. The van der Waals surface area contributed by atoms with Gasteiger partial charge in [-0.2, -0.15) is 0 Å². The van der Waals surface area contributed by atoms with Crippen LogP contribution >= 0.6 is 0 Å². The molecule has 0 saturated carbocycles. The average molecular weight is 380 g/mol. The monoisotopic (exact) mass is 380 g/mol. The minimum atomic E-state index is -0.721. The summed E-state index contributed by atoms with van der Waals surface area (Å²) in [7, 11) is 0. The number of nitrogens with one attached hydrogen (secondary N) is 1. The van der Waals surface area contributed by atoms with Crippen LogP contribution in [0.2, 0.25) is 0 Å². The van der Waals surface area contributed by atoms with Gasteiger partial charge in [-0.25, -0.2) is 4.79 Å². The van der Waals surface area contributed by atoms with E-state index in [2.05, 4.69) is 10.3 Å². The van der Waals surface area contributed by atoms with Crippen LogP contribution in [0.5, 0.6) is 5.75 Å². The van der Waals surface area contributed by atoms with E-state index in [1.165, 1.54) is 0 Å². The normalized spacial score (nSPS) is 12.0. The number of carbonyl (C=O) groups excluding carboxylic acids is 1. The molecule has 1 atom stereocenters. The van der Waals surface area contributed by atoms with Crippen molar-refractivity contribution in [3.63, 3.8) is 0 Å². The van der Waals surface area contributed by atoms with Crippen LogP contribution in [0, 0.1) is 27.7 Å². The molecule has 3 aromatic rings. The van der Waals surface area contributed by atoms with Crippen molar-refractivity contribution >= 4 is 16.9 Å². The molecule has 1 unspecified atom stereocenters. The Kier molecular flexibility index (Phi) is 5.49. The van der Waals surface area contributed by atoms with Gasteiger partial charge in [0.05, 0.1) is 17.6 Å². The van der Waals surface area contributed by atoms with Gasteiger partial charge in [0.15, 0.2) is 6.10 Å². The molecule has 0 aliphatic carbocycles. The van der Waals surface area contributed by atoms with Crippen molar-refractivity contribution in [2.75, 3.05) is 0 Å². The predicted octanol–water partition coefficient (Wildman–Crippen LogP) is 3.51. The Morgan fingerprint density at radius 1 is 1.14 bits per heavy atom. The van der Waals surface area contributed by atoms with E-state index in [4.69, 9.17) is 9.15 Å². The molecule has 0 bridgehead atoms. The average Bonchev–Trinajstić information content (AvgIpc) is 2.63. The molecule has 0 aliphatic heterocycles. The molecule has 0 aliphatic rings. The summed E-state index contributed by atoms with van der Waals surface area (Å²) in [5, 5.41) is 3.55. The minimum absolute atomic E-state index is 0.246. The van der Waals surface area contributed by atoms with Crippen LogP contribution in [-0.4, -0.2) is 17.0 Å². The topological polar surface area (TPSA) is 81.4 Å². The SMILES string of the molecule is Cc1ccnc(CNC(=O)C(C)Oc2cc(C)cc3oc(=O)c(C)c(C)c23)c1. The number of hydrogen-bond donors (Lipinski definition) is 1. The first-order chi connectivity index (χ1) is 13.3. The van der Waals surface area contributed by atoms with Gasteiger partial charge in [-0.15, -0.1) is 0 Å². The van der Waals surface area contributed by atoms with Crippen LogP contribution in [0.3, 0.4) is 0 Å². The van der Waals surface area contributed by atoms with Crippen LogP contribution in [0.15, 0.2) is 39.7 Å². The third kappa shape index (κ3) is 4.06. The van der Waals surface area contributed by atoms with Crippen molar-refractivity contribution in [2.24, 2.45) is 0 Å². The molecule has 1 aromatic carbocycles. The number of aryl methyl sites for hydroxylation is 3. The van der Waals surface area contributed by atoms with Crippen LogP contribution in [0.25, 0.3) is 11.0 Å². The maximum absolute atomic E-state index is 12.5. The second-order valence-corrected chi connectivity index (χ2v) is 7.08. The highest BCUT2D eigenvalue weighted by Crippen LogP contribution is 2.31. The van der Waals surface area contributed by atoms with Crippen molar-refractivity contribution in [3.8, 4) is 5.75 Å². The molecule has 146 valence electrons. The Morgan fingerprint density at radius 3 is 2.61 bits per heavy atom. The molecule has 28 heavy (non-hydrogen) atoms. The summed E-state index contributed by atoms with van der Waals surface area (Å²) in [6.45, 7) is 9.45. The molecular formula is C22H24N2O4. The molecule has 6 heteroatoms. The van der Waals surface area contributed by atoms with Gasteiger partial charge in [0.2, 0.25) is 0 Å². The molecule has 1 amide bonds. The molecule has 0 saturated heterocycles. The van der Waals surface area contributed by atoms with E-state index in [9.17, 15) is 9.59 Å². The second-order valence-electron chi connectivity index (χ2n) is 7.08. The van der Waals surface area contributed by atoms with Gasteiger partial charge in [-0.1, -0.05) is 0 Å². The zero-order valence-corrected chi connectivity index (χ0v) is 16.8. The molecule has 1 N–H and O–H groups in total. The fraction of sp³-hybridized carbons (Fsp3) is 0.318. The third-order valence-electron chi connectivity index (χ3n) is 4.75. The van der Waals surface area contributed by atoms with E-state index in [1.807, 2.05) is 39.0 Å². The van der Waals surface area contributed by atoms with Crippen molar-refractivity contribution in [1.82, 2.24) is 10.3 Å². The number of fused-ring (bicyclic) bond motifs is 1. The molecule has 6 nitrogen and oxygen atoms in total. The van der Waals surface area contributed by atoms with Gasteiger partial charge < -0.3 is 14.5 Å². The number of ether oxygens (including phenoxy) is 1. The van der Waals surface area contributed by atoms with E-state index in [0.29, 0.717) is 28.8 Å². The first kappa shape index (κ1) is 19.6. The number of amides is 1. The highest BCUT2D eigenvalue weighted by Gasteiger charge is 2.19. The summed E-state index contributed by atoms with van der Waals surface area (Å²) < 4.78 is 11.4. The van der Waals surface area contributed by atoms with Gasteiger partial charge in [-0.3, -0.25) is 9.78 Å². The number of aromatic nitrogens is 1. The van der Waals surface area contributed by atoms with Crippen LogP contribution < -0.4 is 15.7 Å². The van der Waals surface area contributed by atoms with Crippen LogP contribution in [0.1, 0.15) is 34.9 Å². The molecular weight excluding hydrogens is 356 g/mol. The lowest BCUT2D eigenvalue weighted by Gasteiger charge is -2.18. The highest BCUT2D eigenvalue weighted by atomic mass is 16.5.